The lowest BCUT2D eigenvalue weighted by molar-refractivity contribution is -0.131. The summed E-state index contributed by atoms with van der Waals surface area (Å²) < 4.78 is 76.8. The van der Waals surface area contributed by atoms with E-state index in [1.165, 1.54) is 55.2 Å². The number of nitrogens with one attached hydrogen (secondary N) is 8. The number of carbonyl (C=O) groups excluding carboxylic acids is 9. The lowest BCUT2D eigenvalue weighted by Gasteiger charge is -2.29. The largest absolute Gasteiger partial charge is 0.493 e. The Labute approximate surface area is 690 Å². The number of amides is 9. The highest BCUT2D eigenvalue weighted by Gasteiger charge is 2.27. The fraction of sp³-hybridized carbons (Fsp3) is 0.525. The predicted octanol–water partition coefficient (Wildman–Crippen LogP) is 3.56. The maximum atomic E-state index is 13.3. The number of hydrogen-bond donors (Lipinski definition) is 8. The van der Waals surface area contributed by atoms with E-state index in [9.17, 15) is 43.2 Å². The van der Waals surface area contributed by atoms with Crippen LogP contribution in [0, 0.1) is 5.92 Å². The van der Waals surface area contributed by atoms with Gasteiger partial charge in [0.2, 0.25) is 35.3 Å². The van der Waals surface area contributed by atoms with Gasteiger partial charge < -0.3 is 132 Å². The summed E-state index contributed by atoms with van der Waals surface area (Å²) in [5, 5.41) is 21.3. The summed E-state index contributed by atoms with van der Waals surface area (Å²) in [5.74, 6) is -0.577. The Hall–Kier alpha value is -11.3. The monoisotopic (exact) mass is 1660 g/mol. The maximum Gasteiger partial charge on any atom is 0.291 e. The van der Waals surface area contributed by atoms with Crippen molar-refractivity contribution in [1.82, 2.24) is 68.9 Å². The summed E-state index contributed by atoms with van der Waals surface area (Å²) in [6.45, 7) is 12.6. The van der Waals surface area contributed by atoms with Crippen LogP contribution in [-0.4, -0.2) is 286 Å². The molecular formula is C80H112N18O21. The van der Waals surface area contributed by atoms with Gasteiger partial charge in [-0.3, -0.25) is 43.2 Å². The molecule has 0 bridgehead atoms. The number of aryl methyl sites for hydroxylation is 5. The predicted molar refractivity (Wildman–Crippen MR) is 435 cm³/mol. The topological polar surface area (TPSA) is 430 Å². The molecule has 5 aromatic heterocycles. The number of nitrogens with zero attached hydrogens (tertiary/aromatic N) is 10. The number of benzene rings is 2. The van der Waals surface area contributed by atoms with Crippen LogP contribution in [0.15, 0.2) is 79.6 Å². The summed E-state index contributed by atoms with van der Waals surface area (Å²) in [7, 11) is 11.8. The first-order valence-corrected chi connectivity index (χ1v) is 39.7. The van der Waals surface area contributed by atoms with E-state index < -0.39 is 41.4 Å². The third kappa shape index (κ3) is 29.9. The molecule has 9 rings (SSSR count). The lowest BCUT2D eigenvalue weighted by atomic mass is 9.99. The van der Waals surface area contributed by atoms with E-state index in [2.05, 4.69) is 75.5 Å². The van der Waals surface area contributed by atoms with E-state index in [4.69, 9.17) is 56.8 Å². The third-order valence-electron chi connectivity index (χ3n) is 18.7. The van der Waals surface area contributed by atoms with Crippen molar-refractivity contribution in [3.8, 4) is 34.1 Å². The van der Waals surface area contributed by atoms with Gasteiger partial charge in [0.15, 0.2) is 40.5 Å². The molecule has 39 nitrogen and oxygen atoms in total. The minimum absolute atomic E-state index is 0.00474. The van der Waals surface area contributed by atoms with Crippen LogP contribution < -0.4 is 61.5 Å². The van der Waals surface area contributed by atoms with Gasteiger partial charge in [-0.05, 0) is 74.0 Å². The van der Waals surface area contributed by atoms with Gasteiger partial charge in [0, 0.05) is 149 Å². The van der Waals surface area contributed by atoms with Crippen LogP contribution in [0.3, 0.4) is 0 Å². The number of rotatable bonds is 52. The van der Waals surface area contributed by atoms with E-state index in [1.807, 2.05) is 36.1 Å². The zero-order valence-corrected chi connectivity index (χ0v) is 69.0. The molecule has 1 fully saturated rings. The van der Waals surface area contributed by atoms with Crippen LogP contribution in [0.1, 0.15) is 104 Å². The molecule has 9 amide bonds. The standard InChI is InChI=1S/C80H112N18O21/c1-9-71(102)98-24-26-118-72-58(49-98)43-57(45-65(72)119-54-55-11-10-22-92(2)48-55)56-12-13-63(64(44-56)108-8)117-42-41-116-40-39-115-38-37-114-36-35-113-34-33-112-32-31-111-30-29-110-28-27-109-25-21-81-68(99)14-17-85-78(105)74-90-66(52-96(74)6)88-69(100)15-18-84-77(104)62-47-60(51-95(62)5)87-80(107)75-91-67(53-97(75)7)89-70(101)16-19-83-76(103)61-46-59(50-94(61)4)86-79(106)73-82-20-23-93(73)3/h12-13,20,23,43-47,50-53,55H,9-11,14-19,21-22,24-42,48-49,54H2,1-8H3,(H,81,99)(H,83,103)(H,84,104)(H,85,105)(H,86,106)(H,87,107)(H,88,100)(H,89,101). The average Bonchev–Trinajstić information content (AvgIpc) is 1.77. The second-order valence-electron chi connectivity index (χ2n) is 28.0. The second kappa shape index (κ2) is 48.5. The molecule has 2 aliphatic rings. The fourth-order valence-electron chi connectivity index (χ4n) is 12.7. The molecule has 0 spiro atoms. The van der Waals surface area contributed by atoms with Crippen LogP contribution in [0.5, 0.6) is 23.0 Å². The summed E-state index contributed by atoms with van der Waals surface area (Å²) in [5.41, 5.74) is 3.80. The number of piperidine rings is 1. The zero-order valence-electron chi connectivity index (χ0n) is 69.0. The molecule has 2 aromatic carbocycles. The molecule has 0 saturated carbocycles. The number of anilines is 4. The van der Waals surface area contributed by atoms with Crippen LogP contribution in [-0.2, 0) is 98.9 Å². The quantitative estimate of drug-likeness (QED) is 0.0253. The second-order valence-corrected chi connectivity index (χ2v) is 28.0. The van der Waals surface area contributed by atoms with Crippen molar-refractivity contribution in [2.75, 3.05) is 207 Å². The molecular weight excluding hydrogens is 1550 g/mol. The SMILES string of the molecule is CCC(=O)N1CCOc2c(cc(-c3ccc(OCCOCCOCCOCCOCCOCCOCCOCCOCCNC(=O)CCNC(=O)c4nc(NC(=O)CCNC(=O)c5cc(NC(=O)c6nc(NC(=O)CCNC(=O)c7cc(NC(=O)c8nccn8C)cn7C)cn6C)cn5C)cn4C)c(OC)c3)cc2OCC2CCCN(C)C2)C1. The molecule has 0 aliphatic carbocycles. The normalized spacial score (nSPS) is 13.3. The highest BCUT2D eigenvalue weighted by atomic mass is 16.6. The Bertz CT molecular complexity index is 4480. The number of carbonyl (C=O) groups is 9. The maximum absolute atomic E-state index is 13.3. The number of likely N-dealkylation sites (tertiary alicyclic amines) is 1. The molecule has 7 heterocycles. The Kier molecular flexibility index (Phi) is 37.4. The number of aromatic nitrogens is 8. The molecule has 2 aliphatic heterocycles. The van der Waals surface area contributed by atoms with Crippen molar-refractivity contribution >= 4 is 76.2 Å². The Morgan fingerprint density at radius 3 is 1.48 bits per heavy atom. The van der Waals surface area contributed by atoms with E-state index in [0.717, 1.165) is 42.6 Å². The van der Waals surface area contributed by atoms with E-state index in [-0.39, 0.29) is 110 Å². The van der Waals surface area contributed by atoms with Crippen LogP contribution in [0.2, 0.25) is 0 Å². The average molecular weight is 1660 g/mol. The number of ether oxygens (including phenoxy) is 12. The first-order chi connectivity index (χ1) is 57.6. The molecule has 1 atom stereocenters. The van der Waals surface area contributed by atoms with Gasteiger partial charge in [0.1, 0.15) is 24.6 Å². The minimum Gasteiger partial charge on any atom is -0.493 e. The number of hydrogen-bond acceptors (Lipinski definition) is 25. The van der Waals surface area contributed by atoms with E-state index in [0.29, 0.717) is 173 Å². The van der Waals surface area contributed by atoms with Crippen molar-refractivity contribution in [1.29, 1.82) is 0 Å². The summed E-state index contributed by atoms with van der Waals surface area (Å²) in [6.07, 6.45) is 11.5. The van der Waals surface area contributed by atoms with Crippen molar-refractivity contribution in [3.05, 3.63) is 114 Å². The van der Waals surface area contributed by atoms with Crippen LogP contribution >= 0.6 is 0 Å². The highest BCUT2D eigenvalue weighted by molar-refractivity contribution is 6.05. The molecule has 7 aromatic rings. The number of fused-ring (bicyclic) bond motifs is 1. The van der Waals surface area contributed by atoms with Gasteiger partial charge in [0.05, 0.1) is 137 Å². The summed E-state index contributed by atoms with van der Waals surface area (Å²) >= 11 is 0. The van der Waals surface area contributed by atoms with Gasteiger partial charge in [-0.25, -0.2) is 15.0 Å². The molecule has 39 heteroatoms. The van der Waals surface area contributed by atoms with Crippen molar-refractivity contribution in [2.45, 2.75) is 52.0 Å². The van der Waals surface area contributed by atoms with E-state index in [1.54, 1.807) is 59.3 Å². The summed E-state index contributed by atoms with van der Waals surface area (Å²) in [4.78, 5) is 132. The van der Waals surface area contributed by atoms with Crippen molar-refractivity contribution in [3.63, 3.8) is 0 Å². The molecule has 8 N–H and O–H groups in total. The van der Waals surface area contributed by atoms with Gasteiger partial charge in [0.25, 0.3) is 29.5 Å². The number of imidazole rings is 3. The Balaban J connectivity index is 0.513. The molecule has 119 heavy (non-hydrogen) atoms. The van der Waals surface area contributed by atoms with Crippen molar-refractivity contribution in [2.24, 2.45) is 41.2 Å². The lowest BCUT2D eigenvalue weighted by Crippen LogP contribution is -2.34. The van der Waals surface area contributed by atoms with Gasteiger partial charge in [-0.1, -0.05) is 13.0 Å². The third-order valence-corrected chi connectivity index (χ3v) is 18.7. The van der Waals surface area contributed by atoms with Gasteiger partial charge in [-0.2, -0.15) is 0 Å². The smallest absolute Gasteiger partial charge is 0.291 e. The van der Waals surface area contributed by atoms with Gasteiger partial charge >= 0.3 is 0 Å². The first-order valence-electron chi connectivity index (χ1n) is 39.7. The van der Waals surface area contributed by atoms with Crippen LogP contribution in [0.4, 0.5) is 23.0 Å². The Morgan fingerprint density at radius 2 is 0.966 bits per heavy atom. The molecule has 648 valence electrons. The summed E-state index contributed by atoms with van der Waals surface area (Å²) in [6, 6.07) is 12.9. The highest BCUT2D eigenvalue weighted by Crippen LogP contribution is 2.41. The molecule has 1 unspecified atom stereocenters. The first kappa shape index (κ1) is 91.6. The zero-order chi connectivity index (χ0) is 84.8. The van der Waals surface area contributed by atoms with E-state index >= 15 is 0 Å². The fourth-order valence-corrected chi connectivity index (χ4v) is 12.7. The van der Waals surface area contributed by atoms with Gasteiger partial charge in [-0.15, -0.1) is 0 Å². The molecule has 1 saturated heterocycles. The minimum atomic E-state index is -0.639. The van der Waals surface area contributed by atoms with Crippen LogP contribution in [0.25, 0.3) is 11.1 Å². The Morgan fingerprint density at radius 1 is 0.471 bits per heavy atom. The molecule has 0 radical (unpaired) electrons. The number of methoxy groups -OCH3 is 1. The van der Waals surface area contributed by atoms with Crippen molar-refractivity contribution < 1.29 is 100.0 Å².